The largest absolute Gasteiger partial charge is 0.353 e. The molecule has 0 amide bonds. The molecule has 0 radical (unpaired) electrons. The van der Waals surface area contributed by atoms with Crippen molar-refractivity contribution in [1.29, 1.82) is 0 Å². The van der Waals surface area contributed by atoms with Crippen molar-refractivity contribution in [3.8, 4) is 0 Å². The first-order valence-electron chi connectivity index (χ1n) is 6.07. The summed E-state index contributed by atoms with van der Waals surface area (Å²) in [5, 5.41) is 0.583. The van der Waals surface area contributed by atoms with Crippen molar-refractivity contribution in [2.45, 2.75) is 32.1 Å². The fourth-order valence-corrected chi connectivity index (χ4v) is 3.93. The van der Waals surface area contributed by atoms with E-state index < -0.39 is 0 Å². The molecular formula is C11H16ClN3S. The maximum Gasteiger partial charge on any atom is 0.187 e. The SMILES string of the molecule is Clc1nsnc1N1CCC2CCCCC2C1. The molecule has 1 aromatic heterocycles. The van der Waals surface area contributed by atoms with E-state index in [0.29, 0.717) is 5.15 Å². The van der Waals surface area contributed by atoms with Crippen molar-refractivity contribution < 1.29 is 0 Å². The van der Waals surface area contributed by atoms with Gasteiger partial charge in [-0.05, 0) is 24.7 Å². The van der Waals surface area contributed by atoms with E-state index in [9.17, 15) is 0 Å². The molecule has 2 atom stereocenters. The lowest BCUT2D eigenvalue weighted by molar-refractivity contribution is 0.202. The lowest BCUT2D eigenvalue weighted by atomic mass is 9.75. The van der Waals surface area contributed by atoms with Gasteiger partial charge in [-0.25, -0.2) is 0 Å². The summed E-state index contributed by atoms with van der Waals surface area (Å²) >= 11 is 7.26. The van der Waals surface area contributed by atoms with Crippen LogP contribution >= 0.6 is 23.3 Å². The second-order valence-electron chi connectivity index (χ2n) is 4.92. The number of fused-ring (bicyclic) bond motifs is 1. The Bertz CT molecular complexity index is 368. The number of piperidine rings is 1. The summed E-state index contributed by atoms with van der Waals surface area (Å²) in [7, 11) is 0. The van der Waals surface area contributed by atoms with Gasteiger partial charge in [-0.1, -0.05) is 30.9 Å². The van der Waals surface area contributed by atoms with Gasteiger partial charge < -0.3 is 4.90 Å². The molecule has 1 aromatic rings. The van der Waals surface area contributed by atoms with Crippen LogP contribution in [0.15, 0.2) is 0 Å². The van der Waals surface area contributed by atoms with Crippen LogP contribution < -0.4 is 4.90 Å². The molecule has 0 aromatic carbocycles. The maximum absolute atomic E-state index is 6.04. The molecule has 0 bridgehead atoms. The number of hydrogen-bond donors (Lipinski definition) is 0. The van der Waals surface area contributed by atoms with Crippen LogP contribution in [0.5, 0.6) is 0 Å². The number of anilines is 1. The molecule has 3 nitrogen and oxygen atoms in total. The highest BCUT2D eigenvalue weighted by Gasteiger charge is 2.32. The van der Waals surface area contributed by atoms with Crippen LogP contribution in [0.2, 0.25) is 5.15 Å². The fourth-order valence-electron chi connectivity index (χ4n) is 3.15. The molecule has 2 unspecified atom stereocenters. The van der Waals surface area contributed by atoms with E-state index in [1.807, 2.05) is 0 Å². The van der Waals surface area contributed by atoms with Crippen molar-refractivity contribution in [1.82, 2.24) is 8.75 Å². The molecule has 0 N–H and O–H groups in total. The lowest BCUT2D eigenvalue weighted by Gasteiger charge is -2.41. The Hall–Kier alpha value is -0.350. The molecule has 1 saturated carbocycles. The van der Waals surface area contributed by atoms with Crippen LogP contribution in [0.4, 0.5) is 5.82 Å². The number of rotatable bonds is 1. The normalized spacial score (nSPS) is 30.2. The Kier molecular flexibility index (Phi) is 3.03. The predicted molar refractivity (Wildman–Crippen MR) is 67.2 cm³/mol. The topological polar surface area (TPSA) is 29.0 Å². The summed E-state index contributed by atoms with van der Waals surface area (Å²) in [4.78, 5) is 2.33. The quantitative estimate of drug-likeness (QED) is 0.774. The van der Waals surface area contributed by atoms with Gasteiger partial charge in [0.25, 0.3) is 0 Å². The summed E-state index contributed by atoms with van der Waals surface area (Å²) in [5.74, 6) is 2.73. The summed E-state index contributed by atoms with van der Waals surface area (Å²) in [6.07, 6.45) is 6.95. The first-order valence-corrected chi connectivity index (χ1v) is 7.18. The molecule has 88 valence electrons. The smallest absolute Gasteiger partial charge is 0.187 e. The Morgan fingerprint density at radius 3 is 2.69 bits per heavy atom. The molecule has 5 heteroatoms. The maximum atomic E-state index is 6.04. The molecule has 2 heterocycles. The second-order valence-corrected chi connectivity index (χ2v) is 5.80. The van der Waals surface area contributed by atoms with Gasteiger partial charge in [-0.2, -0.15) is 8.75 Å². The predicted octanol–water partition coefficient (Wildman–Crippen LogP) is 3.21. The van der Waals surface area contributed by atoms with Gasteiger partial charge in [0.1, 0.15) is 0 Å². The van der Waals surface area contributed by atoms with Crippen LogP contribution in [-0.2, 0) is 0 Å². The lowest BCUT2D eigenvalue weighted by Crippen LogP contribution is -2.42. The summed E-state index contributed by atoms with van der Waals surface area (Å²) in [5.41, 5.74) is 0. The first kappa shape index (κ1) is 10.8. The zero-order valence-electron chi connectivity index (χ0n) is 9.23. The van der Waals surface area contributed by atoms with Gasteiger partial charge in [-0.15, -0.1) is 0 Å². The molecule has 16 heavy (non-hydrogen) atoms. The van der Waals surface area contributed by atoms with Crippen LogP contribution in [0.1, 0.15) is 32.1 Å². The molecule has 1 saturated heterocycles. The van der Waals surface area contributed by atoms with Gasteiger partial charge in [0.05, 0.1) is 11.7 Å². The van der Waals surface area contributed by atoms with Crippen molar-refractivity contribution in [3.05, 3.63) is 5.15 Å². The monoisotopic (exact) mass is 257 g/mol. The summed E-state index contributed by atoms with van der Waals surface area (Å²) in [6.45, 7) is 2.24. The summed E-state index contributed by atoms with van der Waals surface area (Å²) < 4.78 is 8.35. The number of halogens is 1. The molecule has 0 spiro atoms. The standard InChI is InChI=1S/C11H16ClN3S/c12-10-11(14-16-13-10)15-6-5-8-3-1-2-4-9(8)7-15/h8-9H,1-7H2. The Morgan fingerprint density at radius 1 is 1.12 bits per heavy atom. The number of hydrogen-bond acceptors (Lipinski definition) is 4. The van der Waals surface area contributed by atoms with Gasteiger partial charge in [0.15, 0.2) is 11.0 Å². The van der Waals surface area contributed by atoms with Gasteiger partial charge in [0.2, 0.25) is 0 Å². The molecule has 1 aliphatic heterocycles. The van der Waals surface area contributed by atoms with Gasteiger partial charge in [0, 0.05) is 13.1 Å². The molecule has 1 aliphatic carbocycles. The van der Waals surface area contributed by atoms with E-state index in [4.69, 9.17) is 11.6 Å². The average molecular weight is 258 g/mol. The molecule has 2 fully saturated rings. The first-order chi connectivity index (χ1) is 7.84. The van der Waals surface area contributed by atoms with E-state index in [2.05, 4.69) is 13.6 Å². The van der Waals surface area contributed by atoms with E-state index >= 15 is 0 Å². The van der Waals surface area contributed by atoms with E-state index in [1.54, 1.807) is 0 Å². The van der Waals surface area contributed by atoms with E-state index in [0.717, 1.165) is 30.7 Å². The third-order valence-electron chi connectivity index (χ3n) is 4.02. The Morgan fingerprint density at radius 2 is 1.94 bits per heavy atom. The van der Waals surface area contributed by atoms with Crippen molar-refractivity contribution in [3.63, 3.8) is 0 Å². The van der Waals surface area contributed by atoms with Crippen molar-refractivity contribution >= 4 is 29.1 Å². The van der Waals surface area contributed by atoms with Crippen LogP contribution in [0.3, 0.4) is 0 Å². The minimum Gasteiger partial charge on any atom is -0.353 e. The molecular weight excluding hydrogens is 242 g/mol. The van der Waals surface area contributed by atoms with E-state index in [-0.39, 0.29) is 0 Å². The van der Waals surface area contributed by atoms with Gasteiger partial charge in [-0.3, -0.25) is 0 Å². The average Bonchev–Trinajstić information content (AvgIpc) is 2.75. The van der Waals surface area contributed by atoms with E-state index in [1.165, 1.54) is 43.8 Å². The summed E-state index contributed by atoms with van der Waals surface area (Å²) in [6, 6.07) is 0. The molecule has 2 aliphatic rings. The number of aromatic nitrogens is 2. The minimum atomic E-state index is 0.583. The highest BCUT2D eigenvalue weighted by atomic mass is 35.5. The van der Waals surface area contributed by atoms with Crippen LogP contribution in [0.25, 0.3) is 0 Å². The zero-order valence-corrected chi connectivity index (χ0v) is 10.8. The highest BCUT2D eigenvalue weighted by Crippen LogP contribution is 2.38. The Balaban J connectivity index is 1.73. The Labute approximate surface area is 105 Å². The minimum absolute atomic E-state index is 0.583. The number of nitrogens with zero attached hydrogens (tertiary/aromatic N) is 3. The third kappa shape index (κ3) is 1.93. The van der Waals surface area contributed by atoms with Gasteiger partial charge >= 0.3 is 0 Å². The van der Waals surface area contributed by atoms with Crippen molar-refractivity contribution in [2.24, 2.45) is 11.8 Å². The van der Waals surface area contributed by atoms with Crippen LogP contribution in [-0.4, -0.2) is 21.8 Å². The van der Waals surface area contributed by atoms with Crippen LogP contribution in [0, 0.1) is 11.8 Å². The molecule has 3 rings (SSSR count). The highest BCUT2D eigenvalue weighted by molar-refractivity contribution is 6.99. The second kappa shape index (κ2) is 4.49. The third-order valence-corrected chi connectivity index (χ3v) is 4.90. The fraction of sp³-hybridized carbons (Fsp3) is 0.818. The van der Waals surface area contributed by atoms with Crippen molar-refractivity contribution in [2.75, 3.05) is 18.0 Å². The zero-order chi connectivity index (χ0) is 11.0.